The number of ether oxygens (including phenoxy) is 2. The Labute approximate surface area is 164 Å². The fourth-order valence-electron chi connectivity index (χ4n) is 2.38. The summed E-state index contributed by atoms with van der Waals surface area (Å²) in [6, 6.07) is 10.3. The van der Waals surface area contributed by atoms with E-state index in [4.69, 9.17) is 32.7 Å². The monoisotopic (exact) mass is 408 g/mol. The average Bonchev–Trinajstić information content (AvgIpc) is 3.10. The van der Waals surface area contributed by atoms with Crippen LogP contribution < -0.4 is 14.8 Å². The highest BCUT2D eigenvalue weighted by Crippen LogP contribution is 2.39. The Balaban J connectivity index is 1.87. The average molecular weight is 409 g/mol. The number of aromatic nitrogens is 1. The number of para-hydroxylation sites is 1. The molecule has 1 amide bonds. The number of nitrogens with one attached hydrogen (secondary N) is 1. The molecule has 2 aromatic carbocycles. The summed E-state index contributed by atoms with van der Waals surface area (Å²) in [5, 5.41) is 5.94. The lowest BCUT2D eigenvalue weighted by Gasteiger charge is -2.10. The molecule has 0 saturated heterocycles. The van der Waals surface area contributed by atoms with E-state index in [9.17, 15) is 4.79 Å². The molecule has 1 heterocycles. The molecular formula is C18H14Cl2N2O3S. The summed E-state index contributed by atoms with van der Waals surface area (Å²) in [6.45, 7) is 0. The number of methoxy groups -OCH3 is 2. The number of rotatable bonds is 5. The van der Waals surface area contributed by atoms with E-state index in [0.717, 1.165) is 5.56 Å². The Hall–Kier alpha value is -2.28. The van der Waals surface area contributed by atoms with Crippen LogP contribution in [0.4, 0.5) is 5.69 Å². The lowest BCUT2D eigenvalue weighted by Crippen LogP contribution is -2.12. The van der Waals surface area contributed by atoms with Crippen LogP contribution in [0.3, 0.4) is 0 Å². The molecule has 5 nitrogen and oxygen atoms in total. The number of carbonyl (C=O) groups excluding carboxylic acids is 1. The number of amides is 1. The van der Waals surface area contributed by atoms with Gasteiger partial charge in [-0.15, -0.1) is 11.3 Å². The van der Waals surface area contributed by atoms with Crippen molar-refractivity contribution in [1.82, 2.24) is 4.98 Å². The van der Waals surface area contributed by atoms with Crippen LogP contribution in [-0.4, -0.2) is 25.1 Å². The minimum atomic E-state index is -0.354. The molecule has 3 rings (SSSR count). The summed E-state index contributed by atoms with van der Waals surface area (Å²) in [6.07, 6.45) is 0. The van der Waals surface area contributed by atoms with E-state index in [-0.39, 0.29) is 11.6 Å². The molecule has 0 spiro atoms. The molecule has 134 valence electrons. The van der Waals surface area contributed by atoms with Crippen LogP contribution in [0.2, 0.25) is 10.0 Å². The summed E-state index contributed by atoms with van der Waals surface area (Å²) in [5.41, 5.74) is 1.54. The molecular weight excluding hydrogens is 395 g/mol. The van der Waals surface area contributed by atoms with Gasteiger partial charge in [0.2, 0.25) is 0 Å². The molecule has 0 aliphatic heterocycles. The minimum Gasteiger partial charge on any atom is -0.493 e. The van der Waals surface area contributed by atoms with Gasteiger partial charge in [-0.2, -0.15) is 0 Å². The molecule has 0 aliphatic rings. The third kappa shape index (κ3) is 3.93. The van der Waals surface area contributed by atoms with Gasteiger partial charge in [-0.1, -0.05) is 29.3 Å². The first-order valence-electron chi connectivity index (χ1n) is 7.46. The van der Waals surface area contributed by atoms with E-state index in [1.807, 2.05) is 12.1 Å². The molecule has 1 aromatic heterocycles. The van der Waals surface area contributed by atoms with Crippen LogP contribution in [-0.2, 0) is 0 Å². The van der Waals surface area contributed by atoms with E-state index in [0.29, 0.717) is 32.2 Å². The molecule has 3 aromatic rings. The summed E-state index contributed by atoms with van der Waals surface area (Å²) < 4.78 is 10.7. The lowest BCUT2D eigenvalue weighted by molar-refractivity contribution is 0.102. The third-order valence-electron chi connectivity index (χ3n) is 3.49. The first kappa shape index (κ1) is 18.5. The molecule has 0 saturated carbocycles. The summed E-state index contributed by atoms with van der Waals surface area (Å²) in [4.78, 5) is 16.9. The highest BCUT2D eigenvalue weighted by atomic mass is 35.5. The van der Waals surface area contributed by atoms with Crippen LogP contribution in [0.1, 0.15) is 10.5 Å². The van der Waals surface area contributed by atoms with Crippen molar-refractivity contribution in [1.29, 1.82) is 0 Å². The molecule has 0 aliphatic carbocycles. The van der Waals surface area contributed by atoms with Crippen molar-refractivity contribution in [3.05, 3.63) is 57.5 Å². The van der Waals surface area contributed by atoms with E-state index in [1.165, 1.54) is 11.3 Å². The van der Waals surface area contributed by atoms with Crippen LogP contribution in [0.5, 0.6) is 11.5 Å². The van der Waals surface area contributed by atoms with Crippen molar-refractivity contribution in [3.63, 3.8) is 0 Å². The number of hydrogen-bond acceptors (Lipinski definition) is 5. The highest BCUT2D eigenvalue weighted by molar-refractivity contribution is 7.13. The van der Waals surface area contributed by atoms with E-state index < -0.39 is 0 Å². The second-order valence-electron chi connectivity index (χ2n) is 5.19. The fourth-order valence-corrected chi connectivity index (χ4v) is 3.73. The normalized spacial score (nSPS) is 10.5. The minimum absolute atomic E-state index is 0.283. The summed E-state index contributed by atoms with van der Waals surface area (Å²) in [5.74, 6) is 0.811. The zero-order valence-corrected chi connectivity index (χ0v) is 16.2. The quantitative estimate of drug-likeness (QED) is 0.614. The van der Waals surface area contributed by atoms with Gasteiger partial charge in [-0.05, 0) is 30.3 Å². The number of carbonyl (C=O) groups is 1. The smallest absolute Gasteiger partial charge is 0.275 e. The molecule has 1 N–H and O–H groups in total. The number of benzene rings is 2. The second kappa shape index (κ2) is 7.95. The highest BCUT2D eigenvalue weighted by Gasteiger charge is 2.17. The van der Waals surface area contributed by atoms with Crippen LogP contribution in [0, 0.1) is 0 Å². The van der Waals surface area contributed by atoms with Gasteiger partial charge in [0.25, 0.3) is 5.91 Å². The van der Waals surface area contributed by atoms with Gasteiger partial charge in [0.15, 0.2) is 11.5 Å². The van der Waals surface area contributed by atoms with Crippen molar-refractivity contribution in [2.75, 3.05) is 19.5 Å². The first-order valence-corrected chi connectivity index (χ1v) is 9.09. The Morgan fingerprint density at radius 1 is 1.12 bits per heavy atom. The third-order valence-corrected chi connectivity index (χ3v) is 4.80. The van der Waals surface area contributed by atoms with Crippen LogP contribution >= 0.6 is 34.5 Å². The number of nitrogens with zero attached hydrogens (tertiary/aromatic N) is 1. The van der Waals surface area contributed by atoms with Crippen LogP contribution in [0.25, 0.3) is 10.6 Å². The van der Waals surface area contributed by atoms with Crippen LogP contribution in [0.15, 0.2) is 41.8 Å². The first-order chi connectivity index (χ1) is 12.5. The predicted octanol–water partition coefficient (Wildman–Crippen LogP) is 5.39. The second-order valence-corrected chi connectivity index (χ2v) is 6.92. The van der Waals surface area contributed by atoms with Gasteiger partial charge >= 0.3 is 0 Å². The number of halogens is 2. The zero-order valence-electron chi connectivity index (χ0n) is 13.9. The van der Waals surface area contributed by atoms with Crippen molar-refractivity contribution in [3.8, 4) is 22.1 Å². The summed E-state index contributed by atoms with van der Waals surface area (Å²) >= 11 is 13.2. The molecule has 0 unspecified atom stereocenters. The van der Waals surface area contributed by atoms with E-state index in [2.05, 4.69) is 10.3 Å². The molecule has 0 radical (unpaired) electrons. The Bertz CT molecular complexity index is 939. The maximum atomic E-state index is 12.4. The van der Waals surface area contributed by atoms with Gasteiger partial charge in [-0.3, -0.25) is 4.79 Å². The van der Waals surface area contributed by atoms with Crippen molar-refractivity contribution < 1.29 is 14.3 Å². The Morgan fingerprint density at radius 2 is 1.85 bits per heavy atom. The van der Waals surface area contributed by atoms with Gasteiger partial charge in [-0.25, -0.2) is 4.98 Å². The molecule has 0 atom stereocenters. The number of anilines is 1. The fraction of sp³-hybridized carbons (Fsp3) is 0.111. The lowest BCUT2D eigenvalue weighted by atomic mass is 10.2. The number of thiazole rings is 1. The number of hydrogen-bond donors (Lipinski definition) is 1. The predicted molar refractivity (Wildman–Crippen MR) is 105 cm³/mol. The SMILES string of the molecule is COc1cccc(-c2nc(C(=O)Nc3cc(Cl)cc(Cl)c3)cs2)c1OC. The largest absolute Gasteiger partial charge is 0.493 e. The summed E-state index contributed by atoms with van der Waals surface area (Å²) in [7, 11) is 3.13. The van der Waals surface area contributed by atoms with Gasteiger partial charge < -0.3 is 14.8 Å². The Morgan fingerprint density at radius 3 is 2.50 bits per heavy atom. The van der Waals surface area contributed by atoms with Crippen molar-refractivity contribution in [2.24, 2.45) is 0 Å². The zero-order chi connectivity index (χ0) is 18.7. The molecule has 0 bridgehead atoms. The van der Waals surface area contributed by atoms with E-state index >= 15 is 0 Å². The maximum Gasteiger partial charge on any atom is 0.275 e. The Kier molecular flexibility index (Phi) is 5.66. The topological polar surface area (TPSA) is 60.5 Å². The van der Waals surface area contributed by atoms with Gasteiger partial charge in [0, 0.05) is 21.1 Å². The molecule has 8 heteroatoms. The molecule has 26 heavy (non-hydrogen) atoms. The van der Waals surface area contributed by atoms with Gasteiger partial charge in [0.1, 0.15) is 10.7 Å². The standard InChI is InChI=1S/C18H14Cl2N2O3S/c1-24-15-5-3-4-13(16(15)25-2)18-22-14(9-26-18)17(23)21-12-7-10(19)6-11(20)8-12/h3-9H,1-2H3,(H,21,23). The van der Waals surface area contributed by atoms with Gasteiger partial charge in [0.05, 0.1) is 19.8 Å². The van der Waals surface area contributed by atoms with E-state index in [1.54, 1.807) is 43.9 Å². The maximum absolute atomic E-state index is 12.4. The van der Waals surface area contributed by atoms with Crippen molar-refractivity contribution >= 4 is 46.1 Å². The van der Waals surface area contributed by atoms with Crippen molar-refractivity contribution in [2.45, 2.75) is 0 Å². The molecule has 0 fully saturated rings.